The molecule has 1 aromatic carbocycles. The summed E-state index contributed by atoms with van der Waals surface area (Å²) >= 11 is 2.40. The molecule has 1 atom stereocenters. The molecule has 0 aliphatic rings. The maximum absolute atomic E-state index is 5.69. The molecule has 102 valence electrons. The second-order valence-corrected chi connectivity index (χ2v) is 5.94. The van der Waals surface area contributed by atoms with Gasteiger partial charge in [0.15, 0.2) is 0 Å². The van der Waals surface area contributed by atoms with Gasteiger partial charge in [-0.1, -0.05) is 25.1 Å². The molecule has 1 unspecified atom stereocenters. The molecule has 3 heteroatoms. The minimum atomic E-state index is 0.213. The average Bonchev–Trinajstić information content (AvgIpc) is 2.71. The molecule has 2 aromatic rings. The van der Waals surface area contributed by atoms with Crippen LogP contribution in [0.4, 0.5) is 0 Å². The first-order chi connectivity index (χ1) is 9.13. The molecule has 0 spiro atoms. The van der Waals surface area contributed by atoms with E-state index in [0.717, 1.165) is 24.5 Å². The summed E-state index contributed by atoms with van der Waals surface area (Å²) in [5, 5.41) is 3.63. The van der Waals surface area contributed by atoms with Gasteiger partial charge in [0.1, 0.15) is 11.5 Å². The van der Waals surface area contributed by atoms with Crippen molar-refractivity contribution >= 4 is 22.6 Å². The number of hydrogen-bond acceptors (Lipinski definition) is 2. The van der Waals surface area contributed by atoms with E-state index in [2.05, 4.69) is 65.2 Å². The van der Waals surface area contributed by atoms with Crippen LogP contribution in [0.15, 0.2) is 34.7 Å². The minimum Gasteiger partial charge on any atom is -0.466 e. The third-order valence-electron chi connectivity index (χ3n) is 3.21. The van der Waals surface area contributed by atoms with E-state index in [0.29, 0.717) is 0 Å². The topological polar surface area (TPSA) is 25.2 Å². The van der Waals surface area contributed by atoms with Gasteiger partial charge in [-0.05, 0) is 67.1 Å². The van der Waals surface area contributed by atoms with Gasteiger partial charge in [0.05, 0.1) is 6.04 Å². The predicted molar refractivity (Wildman–Crippen MR) is 87.5 cm³/mol. The zero-order chi connectivity index (χ0) is 13.8. The lowest BCUT2D eigenvalue weighted by Gasteiger charge is -2.20. The standard InChI is InChI=1S/C16H20INO/c1-4-9-18-16(13-7-5-6-8-15(13)17)14-10-11(2)19-12(14)3/h5-8,10,16,18H,4,9H2,1-3H3. The monoisotopic (exact) mass is 369 g/mol. The second-order valence-electron chi connectivity index (χ2n) is 4.78. The maximum atomic E-state index is 5.69. The van der Waals surface area contributed by atoms with Crippen LogP contribution in [-0.2, 0) is 0 Å². The van der Waals surface area contributed by atoms with Gasteiger partial charge in [-0.25, -0.2) is 0 Å². The Morgan fingerprint density at radius 3 is 2.53 bits per heavy atom. The summed E-state index contributed by atoms with van der Waals surface area (Å²) in [6.45, 7) is 7.23. The number of aryl methyl sites for hydroxylation is 2. The Kier molecular flexibility index (Phi) is 5.05. The van der Waals surface area contributed by atoms with Crippen LogP contribution in [0, 0.1) is 17.4 Å². The Morgan fingerprint density at radius 2 is 1.95 bits per heavy atom. The van der Waals surface area contributed by atoms with Crippen molar-refractivity contribution < 1.29 is 4.42 Å². The molecular formula is C16H20INO. The number of benzene rings is 1. The van der Waals surface area contributed by atoms with Gasteiger partial charge in [-0.15, -0.1) is 0 Å². The summed E-state index contributed by atoms with van der Waals surface area (Å²) in [5.74, 6) is 1.98. The predicted octanol–water partition coefficient (Wildman–Crippen LogP) is 4.59. The third-order valence-corrected chi connectivity index (χ3v) is 4.19. The Bertz CT molecular complexity index is 547. The number of rotatable bonds is 5. The van der Waals surface area contributed by atoms with Crippen molar-refractivity contribution in [3.8, 4) is 0 Å². The van der Waals surface area contributed by atoms with Gasteiger partial charge < -0.3 is 9.73 Å². The largest absolute Gasteiger partial charge is 0.466 e. The van der Waals surface area contributed by atoms with E-state index in [1.54, 1.807) is 0 Å². The molecule has 0 amide bonds. The van der Waals surface area contributed by atoms with Crippen molar-refractivity contribution in [2.24, 2.45) is 0 Å². The first kappa shape index (κ1) is 14.6. The second kappa shape index (κ2) is 6.57. The Hall–Kier alpha value is -0.810. The first-order valence-electron chi connectivity index (χ1n) is 6.68. The van der Waals surface area contributed by atoms with E-state index in [9.17, 15) is 0 Å². The molecule has 0 fully saturated rings. The molecule has 0 bridgehead atoms. The molecule has 0 saturated carbocycles. The van der Waals surface area contributed by atoms with Crippen LogP contribution >= 0.6 is 22.6 Å². The summed E-state index contributed by atoms with van der Waals surface area (Å²) < 4.78 is 6.98. The van der Waals surface area contributed by atoms with E-state index >= 15 is 0 Å². The summed E-state index contributed by atoms with van der Waals surface area (Å²) in [6, 6.07) is 10.9. The molecule has 1 N–H and O–H groups in total. The Labute approximate surface area is 128 Å². The van der Waals surface area contributed by atoms with E-state index in [1.807, 2.05) is 13.8 Å². The number of furan rings is 1. The van der Waals surface area contributed by atoms with E-state index in [4.69, 9.17) is 4.42 Å². The highest BCUT2D eigenvalue weighted by atomic mass is 127. The van der Waals surface area contributed by atoms with Gasteiger partial charge in [-0.2, -0.15) is 0 Å². The molecule has 0 radical (unpaired) electrons. The van der Waals surface area contributed by atoms with Crippen molar-refractivity contribution in [3.63, 3.8) is 0 Å². The van der Waals surface area contributed by atoms with E-state index < -0.39 is 0 Å². The Balaban J connectivity index is 2.41. The average molecular weight is 369 g/mol. The fourth-order valence-corrected chi connectivity index (χ4v) is 3.02. The van der Waals surface area contributed by atoms with Gasteiger partial charge in [0.2, 0.25) is 0 Å². The van der Waals surface area contributed by atoms with E-state index in [-0.39, 0.29) is 6.04 Å². The van der Waals surface area contributed by atoms with Crippen LogP contribution in [0.1, 0.15) is 42.0 Å². The van der Waals surface area contributed by atoms with Gasteiger partial charge in [0, 0.05) is 9.13 Å². The number of hydrogen-bond donors (Lipinski definition) is 1. The van der Waals surface area contributed by atoms with Crippen LogP contribution in [0.3, 0.4) is 0 Å². The fourth-order valence-electron chi connectivity index (χ4n) is 2.32. The quantitative estimate of drug-likeness (QED) is 0.780. The molecule has 2 nitrogen and oxygen atoms in total. The zero-order valence-corrected chi connectivity index (χ0v) is 13.8. The molecule has 19 heavy (non-hydrogen) atoms. The van der Waals surface area contributed by atoms with E-state index in [1.165, 1.54) is 14.7 Å². The molecule has 0 aliphatic heterocycles. The van der Waals surface area contributed by atoms with Crippen molar-refractivity contribution in [1.82, 2.24) is 5.32 Å². The smallest absolute Gasteiger partial charge is 0.106 e. The summed E-state index contributed by atoms with van der Waals surface area (Å²) in [7, 11) is 0. The van der Waals surface area contributed by atoms with Gasteiger partial charge >= 0.3 is 0 Å². The minimum absolute atomic E-state index is 0.213. The zero-order valence-electron chi connectivity index (χ0n) is 11.7. The highest BCUT2D eigenvalue weighted by Crippen LogP contribution is 2.30. The summed E-state index contributed by atoms with van der Waals surface area (Å²) in [6.07, 6.45) is 1.12. The molecule has 2 rings (SSSR count). The molecule has 0 aliphatic carbocycles. The Morgan fingerprint density at radius 1 is 1.21 bits per heavy atom. The summed E-state index contributed by atoms with van der Waals surface area (Å²) in [5.41, 5.74) is 2.57. The van der Waals surface area contributed by atoms with Crippen LogP contribution in [-0.4, -0.2) is 6.54 Å². The lowest BCUT2D eigenvalue weighted by atomic mass is 9.99. The van der Waals surface area contributed by atoms with Crippen LogP contribution in [0.2, 0.25) is 0 Å². The number of halogens is 1. The molecule has 0 saturated heterocycles. The lowest BCUT2D eigenvalue weighted by Crippen LogP contribution is -2.24. The van der Waals surface area contributed by atoms with Crippen molar-refractivity contribution in [2.75, 3.05) is 6.54 Å². The van der Waals surface area contributed by atoms with Crippen LogP contribution < -0.4 is 5.32 Å². The van der Waals surface area contributed by atoms with Crippen molar-refractivity contribution in [2.45, 2.75) is 33.2 Å². The lowest BCUT2D eigenvalue weighted by molar-refractivity contribution is 0.493. The van der Waals surface area contributed by atoms with Crippen molar-refractivity contribution in [3.05, 3.63) is 56.5 Å². The highest BCUT2D eigenvalue weighted by molar-refractivity contribution is 14.1. The SMILES string of the molecule is CCCNC(c1ccccc1I)c1cc(C)oc1C. The summed E-state index contributed by atoms with van der Waals surface area (Å²) in [4.78, 5) is 0. The molecule has 1 aromatic heterocycles. The number of nitrogens with one attached hydrogen (secondary N) is 1. The maximum Gasteiger partial charge on any atom is 0.106 e. The highest BCUT2D eigenvalue weighted by Gasteiger charge is 2.20. The van der Waals surface area contributed by atoms with Crippen molar-refractivity contribution in [1.29, 1.82) is 0 Å². The normalized spacial score (nSPS) is 12.6. The molecular weight excluding hydrogens is 349 g/mol. The fraction of sp³-hybridized carbons (Fsp3) is 0.375. The third kappa shape index (κ3) is 3.39. The molecule has 1 heterocycles. The van der Waals surface area contributed by atoms with Gasteiger partial charge in [-0.3, -0.25) is 0 Å². The van der Waals surface area contributed by atoms with Gasteiger partial charge in [0.25, 0.3) is 0 Å². The van der Waals surface area contributed by atoms with Crippen LogP contribution in [0.5, 0.6) is 0 Å². The van der Waals surface area contributed by atoms with Crippen LogP contribution in [0.25, 0.3) is 0 Å². The first-order valence-corrected chi connectivity index (χ1v) is 7.76.